The van der Waals surface area contributed by atoms with E-state index >= 15 is 0 Å². The number of rotatable bonds is 7. The molecule has 1 rings (SSSR count). The van der Waals surface area contributed by atoms with E-state index in [9.17, 15) is 9.59 Å². The number of carboxylic acids is 1. The maximum Gasteiger partial charge on any atom is 0.317 e. The summed E-state index contributed by atoms with van der Waals surface area (Å²) in [5.41, 5.74) is 0. The first-order chi connectivity index (χ1) is 9.13. The Morgan fingerprint density at radius 1 is 1.11 bits per heavy atom. The highest BCUT2D eigenvalue weighted by Crippen LogP contribution is 2.02. The van der Waals surface area contributed by atoms with Crippen molar-refractivity contribution in [3.05, 3.63) is 0 Å². The molecule has 1 aliphatic rings. The lowest BCUT2D eigenvalue weighted by Crippen LogP contribution is -2.52. The number of hydrogen-bond acceptors (Lipinski definition) is 3. The molecule has 2 N–H and O–H groups in total. The van der Waals surface area contributed by atoms with Crippen molar-refractivity contribution >= 4 is 12.0 Å². The summed E-state index contributed by atoms with van der Waals surface area (Å²) in [5.74, 6) is -0.811. The number of piperazine rings is 1. The van der Waals surface area contributed by atoms with Gasteiger partial charge in [0.05, 0.1) is 6.54 Å². The van der Waals surface area contributed by atoms with Gasteiger partial charge in [-0.15, -0.1) is 0 Å². The number of aliphatic carboxylic acids is 1. The zero-order valence-corrected chi connectivity index (χ0v) is 11.7. The lowest BCUT2D eigenvalue weighted by molar-refractivity contribution is -0.138. The molecule has 2 amide bonds. The molecule has 110 valence electrons. The van der Waals surface area contributed by atoms with Crippen LogP contribution in [0, 0.1) is 0 Å². The maximum absolute atomic E-state index is 11.8. The number of carboxylic acid groups (broad SMARTS) is 1. The molecule has 0 spiro atoms. The van der Waals surface area contributed by atoms with Gasteiger partial charge >= 0.3 is 12.0 Å². The molecule has 1 fully saturated rings. The Hall–Kier alpha value is -1.30. The van der Waals surface area contributed by atoms with E-state index < -0.39 is 5.97 Å². The fraction of sp³-hybridized carbons (Fsp3) is 0.846. The SMILES string of the molecule is CCCCCCNC(=O)N1CCN(CC(=O)O)CC1. The first kappa shape index (κ1) is 15.8. The van der Waals surface area contributed by atoms with Crippen LogP contribution in [0.15, 0.2) is 0 Å². The first-order valence-corrected chi connectivity index (χ1v) is 7.10. The van der Waals surface area contributed by atoms with Crippen molar-refractivity contribution in [1.82, 2.24) is 15.1 Å². The minimum atomic E-state index is -0.811. The van der Waals surface area contributed by atoms with Crippen molar-refractivity contribution in [1.29, 1.82) is 0 Å². The van der Waals surface area contributed by atoms with E-state index in [2.05, 4.69) is 12.2 Å². The van der Waals surface area contributed by atoms with Gasteiger partial charge in [0.15, 0.2) is 0 Å². The Kier molecular flexibility index (Phi) is 7.25. The van der Waals surface area contributed by atoms with Gasteiger partial charge in [-0.2, -0.15) is 0 Å². The average Bonchev–Trinajstić information content (AvgIpc) is 2.38. The third-order valence-electron chi connectivity index (χ3n) is 3.32. The van der Waals surface area contributed by atoms with Crippen LogP contribution in [0.4, 0.5) is 4.79 Å². The van der Waals surface area contributed by atoms with Gasteiger partial charge in [-0.25, -0.2) is 4.79 Å². The summed E-state index contributed by atoms with van der Waals surface area (Å²) in [6, 6.07) is -0.0218. The molecule has 0 radical (unpaired) electrons. The zero-order chi connectivity index (χ0) is 14.1. The van der Waals surface area contributed by atoms with Crippen molar-refractivity contribution in [2.24, 2.45) is 0 Å². The predicted octanol–water partition coefficient (Wildman–Crippen LogP) is 0.979. The number of unbranched alkanes of at least 4 members (excludes halogenated alkanes) is 3. The molecule has 6 nitrogen and oxygen atoms in total. The third-order valence-corrected chi connectivity index (χ3v) is 3.32. The average molecular weight is 271 g/mol. The summed E-state index contributed by atoms with van der Waals surface area (Å²) in [6.45, 7) is 5.43. The van der Waals surface area contributed by atoms with Crippen LogP contribution in [-0.2, 0) is 4.79 Å². The van der Waals surface area contributed by atoms with Crippen LogP contribution >= 0.6 is 0 Å². The Labute approximate surface area is 114 Å². The van der Waals surface area contributed by atoms with Crippen LogP contribution in [0.25, 0.3) is 0 Å². The molecule has 1 heterocycles. The van der Waals surface area contributed by atoms with Gasteiger partial charge in [0.25, 0.3) is 0 Å². The summed E-state index contributed by atoms with van der Waals surface area (Å²) in [6.07, 6.45) is 4.59. The highest BCUT2D eigenvalue weighted by atomic mass is 16.4. The van der Waals surface area contributed by atoms with Crippen molar-refractivity contribution in [3.63, 3.8) is 0 Å². The van der Waals surface area contributed by atoms with Gasteiger partial charge in [0.1, 0.15) is 0 Å². The van der Waals surface area contributed by atoms with Crippen LogP contribution in [0.5, 0.6) is 0 Å². The highest BCUT2D eigenvalue weighted by Gasteiger charge is 2.21. The van der Waals surface area contributed by atoms with E-state index in [1.54, 1.807) is 4.90 Å². The van der Waals surface area contributed by atoms with Crippen LogP contribution in [-0.4, -0.2) is 66.2 Å². The normalized spacial score (nSPS) is 16.4. The number of urea groups is 1. The van der Waals surface area contributed by atoms with E-state index in [1.807, 2.05) is 4.90 Å². The summed E-state index contributed by atoms with van der Waals surface area (Å²) in [5, 5.41) is 11.6. The van der Waals surface area contributed by atoms with E-state index in [1.165, 1.54) is 12.8 Å². The van der Waals surface area contributed by atoms with E-state index in [0.29, 0.717) is 26.2 Å². The smallest absolute Gasteiger partial charge is 0.317 e. The molecular formula is C13H25N3O3. The lowest BCUT2D eigenvalue weighted by Gasteiger charge is -2.33. The number of carbonyl (C=O) groups is 2. The minimum Gasteiger partial charge on any atom is -0.480 e. The number of nitrogens with zero attached hydrogens (tertiary/aromatic N) is 2. The topological polar surface area (TPSA) is 72.9 Å². The highest BCUT2D eigenvalue weighted by molar-refractivity contribution is 5.74. The molecule has 0 aromatic rings. The van der Waals surface area contributed by atoms with Gasteiger partial charge in [0, 0.05) is 32.7 Å². The molecule has 19 heavy (non-hydrogen) atoms. The molecule has 0 aromatic carbocycles. The molecular weight excluding hydrogens is 246 g/mol. The van der Waals surface area contributed by atoms with Gasteiger partial charge in [-0.1, -0.05) is 26.2 Å². The minimum absolute atomic E-state index is 0.0218. The van der Waals surface area contributed by atoms with Crippen LogP contribution in [0.3, 0.4) is 0 Å². The Bertz CT molecular complexity index is 289. The second-order valence-corrected chi connectivity index (χ2v) is 4.95. The van der Waals surface area contributed by atoms with Crippen molar-refractivity contribution < 1.29 is 14.7 Å². The molecule has 0 atom stereocenters. The van der Waals surface area contributed by atoms with E-state index in [4.69, 9.17) is 5.11 Å². The van der Waals surface area contributed by atoms with Gasteiger partial charge < -0.3 is 15.3 Å². The van der Waals surface area contributed by atoms with Crippen LogP contribution in [0.1, 0.15) is 32.6 Å². The second-order valence-electron chi connectivity index (χ2n) is 4.95. The van der Waals surface area contributed by atoms with Gasteiger partial charge in [-0.05, 0) is 6.42 Å². The summed E-state index contributed by atoms with van der Waals surface area (Å²) >= 11 is 0. The monoisotopic (exact) mass is 271 g/mol. The number of amides is 2. The quantitative estimate of drug-likeness (QED) is 0.677. The Balaban J connectivity index is 2.12. The van der Waals surface area contributed by atoms with Gasteiger partial charge in [0.2, 0.25) is 0 Å². The Morgan fingerprint density at radius 2 is 1.79 bits per heavy atom. The second kappa shape index (κ2) is 8.74. The summed E-state index contributed by atoms with van der Waals surface area (Å²) in [4.78, 5) is 26.0. The van der Waals surface area contributed by atoms with Crippen LogP contribution < -0.4 is 5.32 Å². The molecule has 0 unspecified atom stereocenters. The van der Waals surface area contributed by atoms with Gasteiger partial charge in [-0.3, -0.25) is 9.69 Å². The number of carbonyl (C=O) groups excluding carboxylic acids is 1. The molecule has 0 aliphatic carbocycles. The molecule has 6 heteroatoms. The zero-order valence-electron chi connectivity index (χ0n) is 11.7. The molecule has 0 saturated carbocycles. The lowest BCUT2D eigenvalue weighted by atomic mass is 10.2. The van der Waals surface area contributed by atoms with Crippen LogP contribution in [0.2, 0.25) is 0 Å². The van der Waals surface area contributed by atoms with E-state index in [0.717, 1.165) is 19.4 Å². The molecule has 1 saturated heterocycles. The summed E-state index contributed by atoms with van der Waals surface area (Å²) in [7, 11) is 0. The fourth-order valence-electron chi connectivity index (χ4n) is 2.16. The Morgan fingerprint density at radius 3 is 2.37 bits per heavy atom. The van der Waals surface area contributed by atoms with Crippen molar-refractivity contribution in [2.75, 3.05) is 39.3 Å². The standard InChI is InChI=1S/C13H25N3O3/c1-2-3-4-5-6-14-13(19)16-9-7-15(8-10-16)11-12(17)18/h2-11H2,1H3,(H,14,19)(H,17,18). The van der Waals surface area contributed by atoms with Crippen molar-refractivity contribution in [3.8, 4) is 0 Å². The fourth-order valence-corrected chi connectivity index (χ4v) is 2.16. The van der Waals surface area contributed by atoms with Crippen molar-refractivity contribution in [2.45, 2.75) is 32.6 Å². The summed E-state index contributed by atoms with van der Waals surface area (Å²) < 4.78 is 0. The van der Waals surface area contributed by atoms with E-state index in [-0.39, 0.29) is 12.6 Å². The molecule has 0 bridgehead atoms. The third kappa shape index (κ3) is 6.42. The molecule has 1 aliphatic heterocycles. The first-order valence-electron chi connectivity index (χ1n) is 7.10. The number of nitrogens with one attached hydrogen (secondary N) is 1. The predicted molar refractivity (Wildman–Crippen MR) is 73.2 cm³/mol. The largest absolute Gasteiger partial charge is 0.480 e. The maximum atomic E-state index is 11.8. The molecule has 0 aromatic heterocycles. The number of hydrogen-bond donors (Lipinski definition) is 2.